The summed E-state index contributed by atoms with van der Waals surface area (Å²) in [4.78, 5) is 12.3. The molecule has 11 heteroatoms. The zero-order chi connectivity index (χ0) is 20.1. The van der Waals surface area contributed by atoms with E-state index in [1.807, 2.05) is 0 Å². The molecule has 3 aliphatic rings. The van der Waals surface area contributed by atoms with Crippen LogP contribution in [0, 0.1) is 0 Å². The van der Waals surface area contributed by atoms with Gasteiger partial charge in [-0.05, 0) is 18.2 Å². The molecule has 154 valence electrons. The third-order valence-electron chi connectivity index (χ3n) is 4.92. The van der Waals surface area contributed by atoms with Gasteiger partial charge in [0.05, 0.1) is 13.2 Å². The summed E-state index contributed by atoms with van der Waals surface area (Å²) in [5.74, 6) is -1.24. The van der Waals surface area contributed by atoms with Gasteiger partial charge < -0.3 is 49.2 Å². The summed E-state index contributed by atoms with van der Waals surface area (Å²) in [6, 6.07) is 3.76. The molecular weight excluding hydrogens is 380 g/mol. The van der Waals surface area contributed by atoms with Gasteiger partial charge in [-0.25, -0.2) is 4.79 Å². The van der Waals surface area contributed by atoms with Crippen molar-refractivity contribution >= 4 is 5.97 Å². The van der Waals surface area contributed by atoms with E-state index < -0.39 is 61.8 Å². The summed E-state index contributed by atoms with van der Waals surface area (Å²) in [5, 5.41) is 51.1. The molecule has 0 aromatic heterocycles. The number of hydrogen-bond acceptors (Lipinski definition) is 11. The highest BCUT2D eigenvalue weighted by Crippen LogP contribution is 2.33. The highest BCUT2D eigenvalue weighted by molar-refractivity contribution is 5.92. The lowest BCUT2D eigenvalue weighted by molar-refractivity contribution is -0.297. The predicted molar refractivity (Wildman–Crippen MR) is 86.3 cm³/mol. The first-order chi connectivity index (χ1) is 13.3. The monoisotopic (exact) mass is 400 g/mol. The molecule has 2 saturated heterocycles. The Morgan fingerprint density at radius 2 is 1.86 bits per heavy atom. The summed E-state index contributed by atoms with van der Waals surface area (Å²) in [5.41, 5.74) is -2.21. The Hall–Kier alpha value is -1.99. The van der Waals surface area contributed by atoms with E-state index in [0.29, 0.717) is 0 Å². The molecule has 0 saturated carbocycles. The van der Waals surface area contributed by atoms with Crippen molar-refractivity contribution in [2.24, 2.45) is 0 Å². The number of rotatable bonds is 0. The zero-order valence-electron chi connectivity index (χ0n) is 14.5. The first kappa shape index (κ1) is 19.3. The van der Waals surface area contributed by atoms with Crippen molar-refractivity contribution in [3.63, 3.8) is 0 Å². The van der Waals surface area contributed by atoms with Crippen LogP contribution in [0.1, 0.15) is 10.4 Å². The molecule has 28 heavy (non-hydrogen) atoms. The van der Waals surface area contributed by atoms with Gasteiger partial charge in [0.2, 0.25) is 6.29 Å². The first-order valence-corrected chi connectivity index (χ1v) is 8.60. The fraction of sp³-hybridized carbons (Fsp3) is 0.588. The van der Waals surface area contributed by atoms with Gasteiger partial charge in [0.1, 0.15) is 42.0 Å². The maximum absolute atomic E-state index is 12.3. The molecule has 7 unspecified atom stereocenters. The number of benzene rings is 1. The van der Waals surface area contributed by atoms with E-state index in [2.05, 4.69) is 0 Å². The van der Waals surface area contributed by atoms with Gasteiger partial charge in [-0.3, -0.25) is 0 Å². The molecule has 4 rings (SSSR count). The van der Waals surface area contributed by atoms with Gasteiger partial charge in [0.25, 0.3) is 0 Å². The second-order valence-electron chi connectivity index (χ2n) is 6.96. The maximum Gasteiger partial charge on any atom is 0.342 e. The molecule has 1 aromatic rings. The normalized spacial score (nSPS) is 40.9. The summed E-state index contributed by atoms with van der Waals surface area (Å²) < 4.78 is 26.8. The first-order valence-electron chi connectivity index (χ1n) is 8.60. The van der Waals surface area contributed by atoms with Crippen LogP contribution in [0.4, 0.5) is 0 Å². The standard InChI is InChI=1S/C17H20O11/c18-9-2-1-7-3-8(9)14(22)25-5-17(23)6-26-16(13(17)21)28-12-11(20)10(19)4-24-15(12)27-7/h1-3,10-13,15-16,18-21,23H,4-6H2. The fourth-order valence-electron chi connectivity index (χ4n) is 3.22. The lowest BCUT2D eigenvalue weighted by Gasteiger charge is -2.39. The van der Waals surface area contributed by atoms with E-state index in [1.165, 1.54) is 18.2 Å². The molecule has 1 aromatic carbocycles. The topological polar surface area (TPSA) is 164 Å². The van der Waals surface area contributed by atoms with Gasteiger partial charge in [0, 0.05) is 0 Å². The SMILES string of the molecule is O=C1OCC2(O)COC(OC3C(OCC(O)C3O)Oc3ccc(O)c1c3)C2O. The van der Waals surface area contributed by atoms with Crippen molar-refractivity contribution in [3.05, 3.63) is 23.8 Å². The third kappa shape index (κ3) is 3.31. The van der Waals surface area contributed by atoms with Crippen LogP contribution in [-0.2, 0) is 18.9 Å². The van der Waals surface area contributed by atoms with Crippen LogP contribution in [0.15, 0.2) is 18.2 Å². The summed E-state index contributed by atoms with van der Waals surface area (Å²) in [7, 11) is 0. The van der Waals surface area contributed by atoms with Crippen molar-refractivity contribution < 1.29 is 54.0 Å². The van der Waals surface area contributed by atoms with E-state index in [-0.39, 0.29) is 23.7 Å². The van der Waals surface area contributed by atoms with Crippen LogP contribution in [0.5, 0.6) is 11.5 Å². The minimum absolute atomic E-state index is 0.0940. The predicted octanol–water partition coefficient (Wildman–Crippen LogP) is -2.15. The van der Waals surface area contributed by atoms with E-state index >= 15 is 0 Å². The number of aromatic hydroxyl groups is 1. The number of aliphatic hydroxyl groups excluding tert-OH is 3. The molecule has 3 aliphatic heterocycles. The molecule has 2 fully saturated rings. The molecule has 0 radical (unpaired) electrons. The van der Waals surface area contributed by atoms with Crippen molar-refractivity contribution in [2.75, 3.05) is 19.8 Å². The zero-order valence-corrected chi connectivity index (χ0v) is 14.5. The molecule has 7 atom stereocenters. The quantitative estimate of drug-likeness (QED) is 0.302. The summed E-state index contributed by atoms with van der Waals surface area (Å²) in [6.45, 7) is -1.31. The van der Waals surface area contributed by atoms with Crippen LogP contribution in [0.2, 0.25) is 0 Å². The van der Waals surface area contributed by atoms with Crippen molar-refractivity contribution in [3.8, 4) is 11.5 Å². The Labute approximate surface area is 158 Å². The minimum Gasteiger partial charge on any atom is -0.507 e. The van der Waals surface area contributed by atoms with E-state index in [1.54, 1.807) is 0 Å². The third-order valence-corrected chi connectivity index (χ3v) is 4.92. The van der Waals surface area contributed by atoms with E-state index in [0.717, 1.165) is 0 Å². The molecule has 0 aliphatic carbocycles. The van der Waals surface area contributed by atoms with Crippen LogP contribution in [0.3, 0.4) is 0 Å². The van der Waals surface area contributed by atoms with E-state index in [4.69, 9.17) is 23.7 Å². The number of hydrogen-bond donors (Lipinski definition) is 5. The van der Waals surface area contributed by atoms with Gasteiger partial charge in [0.15, 0.2) is 18.0 Å². The number of ether oxygens (including phenoxy) is 5. The summed E-state index contributed by atoms with van der Waals surface area (Å²) in [6.07, 6.45) is -8.29. The maximum atomic E-state index is 12.3. The Morgan fingerprint density at radius 3 is 2.64 bits per heavy atom. The molecular formula is C17H20O11. The Kier molecular flexibility index (Phi) is 4.91. The molecule has 11 nitrogen and oxygen atoms in total. The average Bonchev–Trinajstić information content (AvgIpc) is 2.95. The Morgan fingerprint density at radius 1 is 1.07 bits per heavy atom. The molecule has 0 amide bonds. The number of phenols is 1. The van der Waals surface area contributed by atoms with Gasteiger partial charge >= 0.3 is 5.97 Å². The minimum atomic E-state index is -1.98. The number of cyclic esters (lactones) is 1. The lowest BCUT2D eigenvalue weighted by Crippen LogP contribution is -2.58. The van der Waals surface area contributed by atoms with Crippen LogP contribution in [0.25, 0.3) is 0 Å². The van der Waals surface area contributed by atoms with E-state index in [9.17, 15) is 30.3 Å². The van der Waals surface area contributed by atoms with Crippen LogP contribution >= 0.6 is 0 Å². The largest absolute Gasteiger partial charge is 0.507 e. The van der Waals surface area contributed by atoms with Crippen molar-refractivity contribution in [2.45, 2.75) is 42.6 Å². The fourth-order valence-corrected chi connectivity index (χ4v) is 3.22. The Balaban J connectivity index is 1.72. The number of phenolic OH excluding ortho intramolecular Hbond substituents is 1. The van der Waals surface area contributed by atoms with Crippen molar-refractivity contribution in [1.29, 1.82) is 0 Å². The van der Waals surface area contributed by atoms with Gasteiger partial charge in [-0.1, -0.05) is 0 Å². The molecule has 0 spiro atoms. The molecule has 5 N–H and O–H groups in total. The van der Waals surface area contributed by atoms with Crippen LogP contribution < -0.4 is 4.74 Å². The van der Waals surface area contributed by atoms with Crippen LogP contribution in [-0.4, -0.2) is 93.9 Å². The highest BCUT2D eigenvalue weighted by atomic mass is 16.8. The van der Waals surface area contributed by atoms with Gasteiger partial charge in [-0.2, -0.15) is 0 Å². The number of esters is 1. The Bertz CT molecular complexity index is 755. The molecule has 4 bridgehead atoms. The second-order valence-corrected chi connectivity index (χ2v) is 6.96. The number of carbonyl (C=O) groups excluding carboxylic acids is 1. The summed E-state index contributed by atoms with van der Waals surface area (Å²) >= 11 is 0. The van der Waals surface area contributed by atoms with Crippen molar-refractivity contribution in [1.82, 2.24) is 0 Å². The second kappa shape index (κ2) is 7.12. The van der Waals surface area contributed by atoms with Gasteiger partial charge in [-0.15, -0.1) is 0 Å². The smallest absolute Gasteiger partial charge is 0.342 e. The lowest BCUT2D eigenvalue weighted by atomic mass is 10.0. The molecule has 3 heterocycles. The highest BCUT2D eigenvalue weighted by Gasteiger charge is 2.53. The number of fused-ring (bicyclic) bond motifs is 5. The number of carbonyl (C=O) groups is 1. The number of aliphatic hydroxyl groups is 4. The average molecular weight is 400 g/mol.